The van der Waals surface area contributed by atoms with E-state index in [1.54, 1.807) is 0 Å². The molecule has 3 rings (SSSR count). The highest BCUT2D eigenvalue weighted by molar-refractivity contribution is 7.89. The van der Waals surface area contributed by atoms with Gasteiger partial charge in [0.15, 0.2) is 12.4 Å². The first-order chi connectivity index (χ1) is 14.2. The Hall–Kier alpha value is -2.04. The summed E-state index contributed by atoms with van der Waals surface area (Å²) in [6, 6.07) is 6.96. The van der Waals surface area contributed by atoms with Gasteiger partial charge in [-0.25, -0.2) is 17.6 Å². The van der Waals surface area contributed by atoms with Crippen LogP contribution in [0.2, 0.25) is 10.0 Å². The minimum Gasteiger partial charge on any atom is -0.454 e. The number of halogens is 3. The lowest BCUT2D eigenvalue weighted by molar-refractivity contribution is 0.0469. The van der Waals surface area contributed by atoms with Crippen molar-refractivity contribution in [3.63, 3.8) is 0 Å². The average Bonchev–Trinajstić information content (AvgIpc) is 2.74. The summed E-state index contributed by atoms with van der Waals surface area (Å²) in [5.74, 6) is -2.72. The predicted octanol–water partition coefficient (Wildman–Crippen LogP) is 3.19. The van der Waals surface area contributed by atoms with E-state index < -0.39 is 39.8 Å². The Morgan fingerprint density at radius 2 is 1.77 bits per heavy atom. The Balaban J connectivity index is 1.75. The second kappa shape index (κ2) is 9.40. The fourth-order valence-electron chi connectivity index (χ4n) is 2.72. The normalized spacial score (nSPS) is 15.0. The van der Waals surface area contributed by atoms with Crippen LogP contribution in [0.5, 0.6) is 0 Å². The second-order valence-corrected chi connectivity index (χ2v) is 9.04. The van der Waals surface area contributed by atoms with Gasteiger partial charge in [-0.1, -0.05) is 23.2 Å². The smallest absolute Gasteiger partial charge is 0.341 e. The zero-order valence-electron chi connectivity index (χ0n) is 15.4. The van der Waals surface area contributed by atoms with Crippen LogP contribution in [-0.2, 0) is 19.5 Å². The molecular formula is C19H16Cl2FNO6S. The van der Waals surface area contributed by atoms with Crippen LogP contribution in [-0.4, -0.2) is 57.4 Å². The van der Waals surface area contributed by atoms with Crippen molar-refractivity contribution in [1.82, 2.24) is 4.31 Å². The van der Waals surface area contributed by atoms with Crippen LogP contribution < -0.4 is 0 Å². The van der Waals surface area contributed by atoms with E-state index in [0.29, 0.717) is 0 Å². The monoisotopic (exact) mass is 475 g/mol. The van der Waals surface area contributed by atoms with Crippen molar-refractivity contribution in [2.24, 2.45) is 0 Å². The summed E-state index contributed by atoms with van der Waals surface area (Å²) >= 11 is 11.6. The first-order valence-corrected chi connectivity index (χ1v) is 10.9. The van der Waals surface area contributed by atoms with E-state index in [9.17, 15) is 22.4 Å². The molecule has 0 aliphatic carbocycles. The van der Waals surface area contributed by atoms with Crippen LogP contribution in [0.3, 0.4) is 0 Å². The topological polar surface area (TPSA) is 90.0 Å². The lowest BCUT2D eigenvalue weighted by atomic mass is 10.1. The molecule has 7 nitrogen and oxygen atoms in total. The number of morpholine rings is 1. The van der Waals surface area contributed by atoms with E-state index >= 15 is 0 Å². The van der Waals surface area contributed by atoms with Gasteiger partial charge in [0, 0.05) is 18.7 Å². The number of sulfonamides is 1. The van der Waals surface area contributed by atoms with E-state index in [4.69, 9.17) is 32.7 Å². The number of hydrogen-bond donors (Lipinski definition) is 0. The molecule has 0 spiro atoms. The molecule has 0 saturated carbocycles. The SMILES string of the molecule is O=C(COC(=O)c1cc(S(=O)(=O)N2CCOCC2)ccc1F)c1ccc(Cl)c(Cl)c1. The lowest BCUT2D eigenvalue weighted by Gasteiger charge is -2.26. The summed E-state index contributed by atoms with van der Waals surface area (Å²) in [5.41, 5.74) is -0.437. The number of benzene rings is 2. The molecule has 1 fully saturated rings. The summed E-state index contributed by atoms with van der Waals surface area (Å²) in [6.45, 7) is 0.101. The summed E-state index contributed by atoms with van der Waals surface area (Å²) in [7, 11) is -3.93. The molecular weight excluding hydrogens is 460 g/mol. The van der Waals surface area contributed by atoms with Gasteiger partial charge in [-0.2, -0.15) is 4.31 Å². The molecule has 0 atom stereocenters. The van der Waals surface area contributed by atoms with Crippen molar-refractivity contribution < 1.29 is 31.9 Å². The molecule has 160 valence electrons. The van der Waals surface area contributed by atoms with Gasteiger partial charge in [0.2, 0.25) is 10.0 Å². The number of ether oxygens (including phenoxy) is 2. The second-order valence-electron chi connectivity index (χ2n) is 6.29. The molecule has 0 bridgehead atoms. The number of Topliss-reactive ketones (excluding diaryl/α,β-unsaturated/α-hetero) is 1. The van der Waals surface area contributed by atoms with Gasteiger partial charge in [0.1, 0.15) is 5.82 Å². The van der Waals surface area contributed by atoms with Crippen LogP contribution in [0.4, 0.5) is 4.39 Å². The Morgan fingerprint density at radius 1 is 1.07 bits per heavy atom. The van der Waals surface area contributed by atoms with Gasteiger partial charge in [-0.3, -0.25) is 4.79 Å². The maximum absolute atomic E-state index is 14.1. The fourth-order valence-corrected chi connectivity index (χ4v) is 4.45. The molecule has 0 aromatic heterocycles. The van der Waals surface area contributed by atoms with E-state index in [-0.39, 0.29) is 46.8 Å². The van der Waals surface area contributed by atoms with Gasteiger partial charge in [0.05, 0.1) is 33.7 Å². The molecule has 30 heavy (non-hydrogen) atoms. The molecule has 1 aliphatic heterocycles. The third kappa shape index (κ3) is 4.98. The number of esters is 1. The highest BCUT2D eigenvalue weighted by atomic mass is 35.5. The summed E-state index contributed by atoms with van der Waals surface area (Å²) in [5, 5.41) is 0.409. The third-order valence-corrected chi connectivity index (χ3v) is 6.98. The van der Waals surface area contributed by atoms with Crippen molar-refractivity contribution in [3.05, 3.63) is 63.4 Å². The van der Waals surface area contributed by atoms with Gasteiger partial charge in [-0.15, -0.1) is 0 Å². The first kappa shape index (κ1) is 22.6. The van der Waals surface area contributed by atoms with Crippen LogP contribution in [0, 0.1) is 5.82 Å². The first-order valence-electron chi connectivity index (χ1n) is 8.73. The van der Waals surface area contributed by atoms with Crippen molar-refractivity contribution in [2.75, 3.05) is 32.9 Å². The summed E-state index contributed by atoms with van der Waals surface area (Å²) in [6.07, 6.45) is 0. The summed E-state index contributed by atoms with van der Waals surface area (Å²) in [4.78, 5) is 24.2. The zero-order valence-corrected chi connectivity index (χ0v) is 17.8. The number of carbonyl (C=O) groups is 2. The van der Waals surface area contributed by atoms with Crippen LogP contribution in [0.25, 0.3) is 0 Å². The van der Waals surface area contributed by atoms with Gasteiger partial charge < -0.3 is 9.47 Å². The standard InChI is InChI=1S/C19H16Cl2FNO6S/c20-15-3-1-12(9-16(15)21)18(24)11-29-19(25)14-10-13(2-4-17(14)22)30(26,27)23-5-7-28-8-6-23/h1-4,9-10H,5-8,11H2. The van der Waals surface area contributed by atoms with Crippen molar-refractivity contribution in [3.8, 4) is 0 Å². The largest absolute Gasteiger partial charge is 0.454 e. The van der Waals surface area contributed by atoms with E-state index in [2.05, 4.69) is 0 Å². The van der Waals surface area contributed by atoms with Gasteiger partial charge in [-0.05, 0) is 36.4 Å². The lowest BCUT2D eigenvalue weighted by Crippen LogP contribution is -2.40. The van der Waals surface area contributed by atoms with Crippen LogP contribution >= 0.6 is 23.2 Å². The maximum atomic E-state index is 14.1. The number of ketones is 1. The molecule has 0 N–H and O–H groups in total. The van der Waals surface area contributed by atoms with Crippen molar-refractivity contribution >= 4 is 45.0 Å². The molecule has 2 aromatic rings. The van der Waals surface area contributed by atoms with E-state index in [0.717, 1.165) is 18.2 Å². The number of nitrogens with zero attached hydrogens (tertiary/aromatic N) is 1. The highest BCUT2D eigenvalue weighted by Gasteiger charge is 2.28. The van der Waals surface area contributed by atoms with Crippen molar-refractivity contribution in [1.29, 1.82) is 0 Å². The molecule has 1 aliphatic rings. The quantitative estimate of drug-likeness (QED) is 0.470. The molecule has 11 heteroatoms. The number of hydrogen-bond acceptors (Lipinski definition) is 6. The third-order valence-electron chi connectivity index (χ3n) is 4.34. The minimum absolute atomic E-state index is 0.150. The van der Waals surface area contributed by atoms with E-state index in [1.807, 2.05) is 0 Å². The number of rotatable bonds is 6. The van der Waals surface area contributed by atoms with Crippen molar-refractivity contribution in [2.45, 2.75) is 4.90 Å². The molecule has 0 amide bonds. The Bertz CT molecular complexity index is 1090. The van der Waals surface area contributed by atoms with E-state index in [1.165, 1.54) is 22.5 Å². The molecule has 2 aromatic carbocycles. The molecule has 0 radical (unpaired) electrons. The Morgan fingerprint density at radius 3 is 2.43 bits per heavy atom. The Labute approximate surface area is 182 Å². The van der Waals surface area contributed by atoms with Gasteiger partial charge in [0.25, 0.3) is 0 Å². The van der Waals surface area contributed by atoms with Crippen LogP contribution in [0.1, 0.15) is 20.7 Å². The number of carbonyl (C=O) groups excluding carboxylic acids is 2. The molecule has 1 heterocycles. The minimum atomic E-state index is -3.93. The molecule has 1 saturated heterocycles. The predicted molar refractivity (Wildman–Crippen MR) is 107 cm³/mol. The molecule has 0 unspecified atom stereocenters. The summed E-state index contributed by atoms with van der Waals surface area (Å²) < 4.78 is 50.7. The highest BCUT2D eigenvalue weighted by Crippen LogP contribution is 2.23. The Kier molecular flexibility index (Phi) is 7.10. The van der Waals surface area contributed by atoms with Crippen LogP contribution in [0.15, 0.2) is 41.3 Å². The maximum Gasteiger partial charge on any atom is 0.341 e. The zero-order chi connectivity index (χ0) is 21.9. The fraction of sp³-hybridized carbons (Fsp3) is 0.263. The van der Waals surface area contributed by atoms with Gasteiger partial charge >= 0.3 is 5.97 Å². The average molecular weight is 476 g/mol.